The molecule has 3 heteroatoms. The minimum absolute atomic E-state index is 0.883. The smallest absolute Gasteiger partial charge is 0.172 e. The molecule has 0 saturated heterocycles. The molecule has 1 aliphatic rings. The molecule has 1 aromatic heterocycles. The van der Waals surface area contributed by atoms with E-state index in [-0.39, 0.29) is 0 Å². The van der Waals surface area contributed by atoms with Gasteiger partial charge in [-0.25, -0.2) is 0 Å². The van der Waals surface area contributed by atoms with Crippen LogP contribution in [0.25, 0.3) is 49.4 Å². The Kier molecular flexibility index (Phi) is 4.24. The van der Waals surface area contributed by atoms with Gasteiger partial charge in [-0.05, 0) is 40.6 Å². The quantitative estimate of drug-likeness (QED) is 0.229. The third-order valence-corrected chi connectivity index (χ3v) is 10.9. The maximum Gasteiger partial charge on any atom is 0.172 e. The van der Waals surface area contributed by atoms with Gasteiger partial charge >= 0.3 is 0 Å². The van der Waals surface area contributed by atoms with E-state index in [4.69, 9.17) is 0 Å². The van der Waals surface area contributed by atoms with Crippen LogP contribution in [0.2, 0.25) is 0 Å². The summed E-state index contributed by atoms with van der Waals surface area (Å²) in [4.78, 5) is 0. The van der Waals surface area contributed by atoms with Crippen LogP contribution in [0.1, 0.15) is 0 Å². The lowest BCUT2D eigenvalue weighted by Crippen LogP contribution is -2.20. The Morgan fingerprint density at radius 1 is 0.541 bits per heavy atom. The van der Waals surface area contributed by atoms with Crippen LogP contribution in [0, 0.1) is 0 Å². The van der Waals surface area contributed by atoms with Gasteiger partial charge in [0.15, 0.2) is 7.14 Å². The molecule has 1 unspecified atom stereocenters. The third kappa shape index (κ3) is 2.68. The normalized spacial score (nSPS) is 16.3. The molecule has 0 saturated carbocycles. The minimum Gasteiger partial charge on any atom is -0.309 e. The Hall–Kier alpha value is -4.39. The summed E-state index contributed by atoms with van der Waals surface area (Å²) in [6.07, 6.45) is 0. The van der Waals surface area contributed by atoms with Crippen LogP contribution in [0.15, 0.2) is 133 Å². The van der Waals surface area contributed by atoms with Crippen molar-refractivity contribution in [3.05, 3.63) is 133 Å². The summed E-state index contributed by atoms with van der Waals surface area (Å²) < 4.78 is 17.5. The van der Waals surface area contributed by atoms with Crippen LogP contribution >= 0.6 is 7.14 Å². The molecule has 0 spiro atoms. The predicted octanol–water partition coefficient (Wildman–Crippen LogP) is 7.56. The van der Waals surface area contributed by atoms with E-state index in [1.54, 1.807) is 0 Å². The Morgan fingerprint density at radius 3 is 2.08 bits per heavy atom. The first-order valence-electron chi connectivity index (χ1n) is 12.6. The van der Waals surface area contributed by atoms with Gasteiger partial charge in [-0.15, -0.1) is 0 Å². The van der Waals surface area contributed by atoms with E-state index >= 15 is 4.57 Å². The molecule has 2 heterocycles. The van der Waals surface area contributed by atoms with Crippen molar-refractivity contribution in [3.8, 4) is 16.8 Å². The molecular formula is C34H22NOP. The van der Waals surface area contributed by atoms with Crippen molar-refractivity contribution >= 4 is 55.6 Å². The summed E-state index contributed by atoms with van der Waals surface area (Å²) in [6.45, 7) is 0. The minimum atomic E-state index is -3.02. The fourth-order valence-electron chi connectivity index (χ4n) is 6.24. The lowest BCUT2D eigenvalue weighted by molar-refractivity contribution is 0.593. The molecule has 174 valence electrons. The molecule has 1 aliphatic heterocycles. The molecule has 6 aromatic carbocycles. The molecule has 0 aliphatic carbocycles. The zero-order valence-electron chi connectivity index (χ0n) is 20.0. The molecule has 0 N–H and O–H groups in total. The van der Waals surface area contributed by atoms with Gasteiger partial charge in [0.1, 0.15) is 0 Å². The average molecular weight is 492 g/mol. The van der Waals surface area contributed by atoms with Gasteiger partial charge in [0, 0.05) is 37.9 Å². The molecular weight excluding hydrogens is 469 g/mol. The van der Waals surface area contributed by atoms with Gasteiger partial charge in [-0.2, -0.15) is 0 Å². The molecule has 0 fully saturated rings. The lowest BCUT2D eigenvalue weighted by Gasteiger charge is -2.16. The second kappa shape index (κ2) is 7.56. The highest BCUT2D eigenvalue weighted by Gasteiger charge is 2.41. The molecule has 8 rings (SSSR count). The third-order valence-electron chi connectivity index (χ3n) is 7.78. The molecule has 7 aromatic rings. The Balaban J connectivity index is 1.63. The highest BCUT2D eigenvalue weighted by Crippen LogP contribution is 2.55. The number of hydrogen-bond acceptors (Lipinski definition) is 1. The number of hydrogen-bond donors (Lipinski definition) is 0. The number of rotatable bonds is 2. The molecule has 2 nitrogen and oxygen atoms in total. The SMILES string of the molecule is O=P1(c2ccccc2)c2ccccc2-c2c1ccc1c3c4ccccc4ccc3n(-c3ccccc3)c21. The van der Waals surface area contributed by atoms with Gasteiger partial charge in [0.05, 0.1) is 11.0 Å². The number of fused-ring (bicyclic) bond motifs is 9. The maximum atomic E-state index is 15.2. The maximum absolute atomic E-state index is 15.2. The summed E-state index contributed by atoms with van der Waals surface area (Å²) in [5, 5.41) is 7.61. The first kappa shape index (κ1) is 20.8. The zero-order chi connectivity index (χ0) is 24.6. The highest BCUT2D eigenvalue weighted by atomic mass is 31.2. The van der Waals surface area contributed by atoms with E-state index in [2.05, 4.69) is 102 Å². The highest BCUT2D eigenvalue weighted by molar-refractivity contribution is 7.86. The van der Waals surface area contributed by atoms with E-state index < -0.39 is 7.14 Å². The van der Waals surface area contributed by atoms with Crippen LogP contribution in [-0.2, 0) is 4.57 Å². The molecule has 0 amide bonds. The van der Waals surface area contributed by atoms with Crippen LogP contribution in [0.5, 0.6) is 0 Å². The van der Waals surface area contributed by atoms with Crippen LogP contribution in [0.3, 0.4) is 0 Å². The van der Waals surface area contributed by atoms with Crippen molar-refractivity contribution in [3.63, 3.8) is 0 Å². The summed E-state index contributed by atoms with van der Waals surface area (Å²) in [5.74, 6) is 0. The first-order chi connectivity index (χ1) is 18.3. The molecule has 37 heavy (non-hydrogen) atoms. The topological polar surface area (TPSA) is 22.0 Å². The average Bonchev–Trinajstić information content (AvgIpc) is 3.45. The Morgan fingerprint density at radius 2 is 1.24 bits per heavy atom. The summed E-state index contributed by atoms with van der Waals surface area (Å²) >= 11 is 0. The van der Waals surface area contributed by atoms with Crippen LogP contribution in [-0.4, -0.2) is 4.57 Å². The van der Waals surface area contributed by atoms with Crippen molar-refractivity contribution in [1.29, 1.82) is 0 Å². The molecule has 0 radical (unpaired) electrons. The second-order valence-corrected chi connectivity index (χ2v) is 12.4. The van der Waals surface area contributed by atoms with Crippen molar-refractivity contribution in [2.45, 2.75) is 0 Å². The van der Waals surface area contributed by atoms with Crippen molar-refractivity contribution in [2.24, 2.45) is 0 Å². The number of nitrogens with zero attached hydrogens (tertiary/aromatic N) is 1. The van der Waals surface area contributed by atoms with Crippen molar-refractivity contribution in [2.75, 3.05) is 0 Å². The van der Waals surface area contributed by atoms with E-state index in [9.17, 15) is 0 Å². The Labute approximate surface area is 214 Å². The van der Waals surface area contributed by atoms with Crippen molar-refractivity contribution < 1.29 is 4.57 Å². The standard InChI is InChI=1S/C34H22NOP/c36-37(25-14-5-2-6-15-25)30-18-10-9-17-27(30)33-31(37)22-20-28-32-26-16-8-7-11-23(26)19-21-29(32)35(34(28)33)24-12-3-1-4-13-24/h1-22H. The van der Waals surface area contributed by atoms with Gasteiger partial charge in [-0.1, -0.05) is 109 Å². The summed E-state index contributed by atoms with van der Waals surface area (Å²) in [6, 6.07) is 46.1. The van der Waals surface area contributed by atoms with Crippen molar-refractivity contribution in [1.82, 2.24) is 4.57 Å². The first-order valence-corrected chi connectivity index (χ1v) is 14.3. The van der Waals surface area contributed by atoms with Crippen LogP contribution < -0.4 is 15.9 Å². The van der Waals surface area contributed by atoms with Gasteiger partial charge in [0.2, 0.25) is 0 Å². The van der Waals surface area contributed by atoms with E-state index in [1.807, 2.05) is 36.4 Å². The molecule has 1 atom stereocenters. The second-order valence-electron chi connectivity index (χ2n) is 9.67. The summed E-state index contributed by atoms with van der Waals surface area (Å²) in [7, 11) is -3.02. The molecule has 0 bridgehead atoms. The van der Waals surface area contributed by atoms with Crippen LogP contribution in [0.4, 0.5) is 0 Å². The number of benzene rings is 6. The van der Waals surface area contributed by atoms with E-state index in [0.29, 0.717) is 0 Å². The number of para-hydroxylation sites is 1. The fraction of sp³-hybridized carbons (Fsp3) is 0. The van der Waals surface area contributed by atoms with Gasteiger partial charge < -0.3 is 9.13 Å². The van der Waals surface area contributed by atoms with Gasteiger partial charge in [0.25, 0.3) is 0 Å². The lowest BCUT2D eigenvalue weighted by atomic mass is 10.00. The van der Waals surface area contributed by atoms with E-state index in [0.717, 1.165) is 43.8 Å². The predicted molar refractivity (Wildman–Crippen MR) is 157 cm³/mol. The van der Waals surface area contributed by atoms with Gasteiger partial charge in [-0.3, -0.25) is 0 Å². The fourth-order valence-corrected chi connectivity index (χ4v) is 9.30. The number of aromatic nitrogens is 1. The Bertz CT molecular complexity index is 2060. The van der Waals surface area contributed by atoms with E-state index in [1.165, 1.54) is 21.5 Å². The summed E-state index contributed by atoms with van der Waals surface area (Å²) in [5.41, 5.74) is 5.54. The monoisotopic (exact) mass is 491 g/mol. The zero-order valence-corrected chi connectivity index (χ0v) is 20.9. The largest absolute Gasteiger partial charge is 0.309 e.